The van der Waals surface area contributed by atoms with Gasteiger partial charge >= 0.3 is 0 Å². The molecule has 0 bridgehead atoms. The van der Waals surface area contributed by atoms with Gasteiger partial charge in [0.1, 0.15) is 11.9 Å². The molecule has 0 radical (unpaired) electrons. The highest BCUT2D eigenvalue weighted by molar-refractivity contribution is 5.82. The van der Waals surface area contributed by atoms with Gasteiger partial charge in [0.05, 0.1) is 16.7 Å². The average molecular weight is 281 g/mol. The number of nitrogen functional groups attached to an aromatic ring is 1. The highest BCUT2D eigenvalue weighted by Gasteiger charge is 2.17. The normalized spacial score (nSPS) is 12.7. The third-order valence-corrected chi connectivity index (χ3v) is 3.69. The van der Waals surface area contributed by atoms with Gasteiger partial charge in [-0.3, -0.25) is 4.57 Å². The highest BCUT2D eigenvalue weighted by atomic mass is 16.3. The van der Waals surface area contributed by atoms with E-state index in [1.54, 1.807) is 6.92 Å². The van der Waals surface area contributed by atoms with Gasteiger partial charge in [0.25, 0.3) is 0 Å². The molecule has 0 aliphatic rings. The number of hydrogen-bond acceptors (Lipinski definition) is 3. The average Bonchev–Trinajstić information content (AvgIpc) is 2.85. The molecule has 0 aliphatic heterocycles. The number of anilines is 1. The topological polar surface area (TPSA) is 64.1 Å². The highest BCUT2D eigenvalue weighted by Crippen LogP contribution is 2.28. The van der Waals surface area contributed by atoms with Crippen LogP contribution in [0.4, 0.5) is 5.69 Å². The minimum Gasteiger partial charge on any atom is -0.399 e. The van der Waals surface area contributed by atoms with E-state index < -0.39 is 6.10 Å². The molecule has 1 atom stereocenters. The Bertz CT molecular complexity index is 790. The smallest absolute Gasteiger partial charge is 0.143 e. The summed E-state index contributed by atoms with van der Waals surface area (Å²) in [4.78, 5) is 4.56. The van der Waals surface area contributed by atoms with Crippen LogP contribution in [0.2, 0.25) is 0 Å². The number of rotatable bonds is 3. The summed E-state index contributed by atoms with van der Waals surface area (Å²) in [6, 6.07) is 13.8. The van der Waals surface area contributed by atoms with Gasteiger partial charge in [0.15, 0.2) is 0 Å². The van der Waals surface area contributed by atoms with Crippen molar-refractivity contribution in [2.24, 2.45) is 0 Å². The number of imidazole rings is 1. The molecule has 1 aromatic heterocycles. The van der Waals surface area contributed by atoms with Gasteiger partial charge in [-0.25, -0.2) is 4.98 Å². The predicted octanol–water partition coefficient (Wildman–Crippen LogP) is 3.22. The lowest BCUT2D eigenvalue weighted by molar-refractivity contribution is 0.187. The van der Waals surface area contributed by atoms with Crippen molar-refractivity contribution in [1.29, 1.82) is 0 Å². The SMILES string of the molecule is CCc1ccccc1-n1c(C(C)O)nc2cc(N)ccc21. The van der Waals surface area contributed by atoms with Gasteiger partial charge in [-0.1, -0.05) is 25.1 Å². The Balaban J connectivity index is 2.37. The first-order valence-electron chi connectivity index (χ1n) is 7.16. The van der Waals surface area contributed by atoms with Gasteiger partial charge in [-0.05, 0) is 43.2 Å². The van der Waals surface area contributed by atoms with Crippen molar-refractivity contribution in [2.75, 3.05) is 5.73 Å². The van der Waals surface area contributed by atoms with Crippen LogP contribution in [0, 0.1) is 0 Å². The monoisotopic (exact) mass is 281 g/mol. The Kier molecular flexibility index (Phi) is 3.39. The molecule has 0 saturated heterocycles. The lowest BCUT2D eigenvalue weighted by Gasteiger charge is -2.14. The number of para-hydroxylation sites is 1. The summed E-state index contributed by atoms with van der Waals surface area (Å²) < 4.78 is 2.03. The number of aliphatic hydroxyl groups is 1. The lowest BCUT2D eigenvalue weighted by atomic mass is 10.1. The molecule has 108 valence electrons. The first-order chi connectivity index (χ1) is 10.1. The van der Waals surface area contributed by atoms with Crippen LogP contribution in [0.25, 0.3) is 16.7 Å². The summed E-state index contributed by atoms with van der Waals surface area (Å²) in [6.07, 6.45) is 0.271. The van der Waals surface area contributed by atoms with Crippen LogP contribution in [0.1, 0.15) is 31.3 Å². The van der Waals surface area contributed by atoms with Crippen LogP contribution < -0.4 is 5.73 Å². The largest absolute Gasteiger partial charge is 0.399 e. The zero-order chi connectivity index (χ0) is 15.0. The Morgan fingerprint density at radius 3 is 2.71 bits per heavy atom. The van der Waals surface area contributed by atoms with Crippen molar-refractivity contribution in [2.45, 2.75) is 26.4 Å². The van der Waals surface area contributed by atoms with E-state index in [0.29, 0.717) is 11.5 Å². The minimum absolute atomic E-state index is 0.636. The summed E-state index contributed by atoms with van der Waals surface area (Å²) >= 11 is 0. The van der Waals surface area contributed by atoms with Crippen molar-refractivity contribution in [3.8, 4) is 5.69 Å². The number of nitrogens with zero attached hydrogens (tertiary/aromatic N) is 2. The zero-order valence-electron chi connectivity index (χ0n) is 12.2. The Morgan fingerprint density at radius 1 is 1.24 bits per heavy atom. The Hall–Kier alpha value is -2.33. The fourth-order valence-corrected chi connectivity index (χ4v) is 2.68. The quantitative estimate of drug-likeness (QED) is 0.724. The van der Waals surface area contributed by atoms with E-state index in [-0.39, 0.29) is 0 Å². The van der Waals surface area contributed by atoms with E-state index in [4.69, 9.17) is 5.73 Å². The maximum Gasteiger partial charge on any atom is 0.143 e. The molecule has 2 aromatic carbocycles. The molecule has 21 heavy (non-hydrogen) atoms. The molecule has 0 saturated carbocycles. The molecule has 0 fully saturated rings. The standard InChI is InChI=1S/C17H19N3O/c1-3-12-6-4-5-7-15(12)20-16-9-8-13(18)10-14(16)19-17(20)11(2)21/h4-11,21H,3,18H2,1-2H3. The lowest BCUT2D eigenvalue weighted by Crippen LogP contribution is -2.06. The second kappa shape index (κ2) is 5.22. The van der Waals surface area contributed by atoms with Crippen molar-refractivity contribution in [3.63, 3.8) is 0 Å². The number of nitrogens with two attached hydrogens (primary N) is 1. The van der Waals surface area contributed by atoms with Gasteiger partial charge in [0, 0.05) is 5.69 Å². The molecule has 3 aromatic rings. The van der Waals surface area contributed by atoms with E-state index in [1.165, 1.54) is 5.56 Å². The van der Waals surface area contributed by atoms with Crippen LogP contribution >= 0.6 is 0 Å². The summed E-state index contributed by atoms with van der Waals surface area (Å²) in [7, 11) is 0. The van der Waals surface area contributed by atoms with Crippen LogP contribution in [0.3, 0.4) is 0 Å². The zero-order valence-corrected chi connectivity index (χ0v) is 12.2. The first kappa shape index (κ1) is 13.6. The fraction of sp³-hybridized carbons (Fsp3) is 0.235. The summed E-state index contributed by atoms with van der Waals surface area (Å²) in [5.41, 5.74) is 10.6. The van der Waals surface area contributed by atoms with E-state index in [2.05, 4.69) is 24.0 Å². The third-order valence-electron chi connectivity index (χ3n) is 3.69. The number of hydrogen-bond donors (Lipinski definition) is 2. The molecule has 3 rings (SSSR count). The van der Waals surface area contributed by atoms with Gasteiger partial charge in [0.2, 0.25) is 0 Å². The van der Waals surface area contributed by atoms with E-state index in [0.717, 1.165) is 23.1 Å². The summed E-state index contributed by atoms with van der Waals surface area (Å²) in [5.74, 6) is 0.636. The van der Waals surface area contributed by atoms with Crippen molar-refractivity contribution in [1.82, 2.24) is 9.55 Å². The molecule has 4 nitrogen and oxygen atoms in total. The van der Waals surface area contributed by atoms with Crippen LogP contribution in [0.15, 0.2) is 42.5 Å². The molecule has 0 spiro atoms. The summed E-state index contributed by atoms with van der Waals surface area (Å²) in [6.45, 7) is 3.85. The van der Waals surface area contributed by atoms with Crippen LogP contribution in [-0.2, 0) is 6.42 Å². The predicted molar refractivity (Wildman–Crippen MR) is 85.5 cm³/mol. The molecule has 1 unspecified atom stereocenters. The Morgan fingerprint density at radius 2 is 2.00 bits per heavy atom. The van der Waals surface area contributed by atoms with Gasteiger partial charge in [-0.2, -0.15) is 0 Å². The van der Waals surface area contributed by atoms with Crippen molar-refractivity contribution in [3.05, 3.63) is 53.9 Å². The number of aromatic nitrogens is 2. The summed E-state index contributed by atoms with van der Waals surface area (Å²) in [5, 5.41) is 10.1. The molecular formula is C17H19N3O. The second-order valence-electron chi connectivity index (χ2n) is 5.21. The molecule has 3 N–H and O–H groups in total. The maximum atomic E-state index is 10.1. The Labute approximate surface area is 123 Å². The molecule has 1 heterocycles. The van der Waals surface area contributed by atoms with Crippen LogP contribution in [-0.4, -0.2) is 14.7 Å². The number of benzene rings is 2. The molecule has 0 aliphatic carbocycles. The molecular weight excluding hydrogens is 262 g/mol. The van der Waals surface area contributed by atoms with E-state index in [9.17, 15) is 5.11 Å². The number of aliphatic hydroxyl groups excluding tert-OH is 1. The third kappa shape index (κ3) is 2.28. The minimum atomic E-state index is -0.650. The van der Waals surface area contributed by atoms with Gasteiger partial charge < -0.3 is 10.8 Å². The van der Waals surface area contributed by atoms with Gasteiger partial charge in [-0.15, -0.1) is 0 Å². The maximum absolute atomic E-state index is 10.1. The number of fused-ring (bicyclic) bond motifs is 1. The van der Waals surface area contributed by atoms with Crippen molar-refractivity contribution >= 4 is 16.7 Å². The fourth-order valence-electron chi connectivity index (χ4n) is 2.68. The number of aryl methyl sites for hydroxylation is 1. The molecule has 0 amide bonds. The van der Waals surface area contributed by atoms with Crippen LogP contribution in [0.5, 0.6) is 0 Å². The van der Waals surface area contributed by atoms with E-state index in [1.807, 2.05) is 34.9 Å². The molecule has 4 heteroatoms. The second-order valence-corrected chi connectivity index (χ2v) is 5.21. The van der Waals surface area contributed by atoms with Crippen molar-refractivity contribution < 1.29 is 5.11 Å². The van der Waals surface area contributed by atoms with E-state index >= 15 is 0 Å². The first-order valence-corrected chi connectivity index (χ1v) is 7.16.